The van der Waals surface area contributed by atoms with Crippen molar-refractivity contribution in [3.05, 3.63) is 83.0 Å². The maximum atomic E-state index is 14.1. The van der Waals surface area contributed by atoms with E-state index in [0.29, 0.717) is 36.3 Å². The van der Waals surface area contributed by atoms with Crippen LogP contribution in [0.5, 0.6) is 5.75 Å². The van der Waals surface area contributed by atoms with Crippen LogP contribution >= 0.6 is 0 Å². The van der Waals surface area contributed by atoms with Crippen molar-refractivity contribution in [3.8, 4) is 5.75 Å². The molecule has 0 spiro atoms. The van der Waals surface area contributed by atoms with Crippen molar-refractivity contribution in [1.82, 2.24) is 9.73 Å². The number of fused-ring (bicyclic) bond motifs is 2. The molecule has 5 aliphatic rings. The van der Waals surface area contributed by atoms with E-state index in [9.17, 15) is 12.8 Å². The standard InChI is InChI=1S/C31H35FN4O3S/c1-20-27-17-33-36(25-9-7-24(32)8-10-25)29(27)15-22-5-6-23(31(20)22)19-35(18-21-3-4-21)40(37,38)26-11-12-28-30(16-26)39-14-13-34(28)2/h7-12,15-17,20-21,23,33H,3-6,13-14,18-19H2,1-2H3/t20-,23+/m0/s1. The average molecular weight is 563 g/mol. The number of halogens is 1. The fraction of sp³-hybridized carbons (Fsp3) is 0.419. The molecule has 0 aromatic heterocycles. The van der Waals surface area contributed by atoms with Gasteiger partial charge in [-0.05, 0) is 85.6 Å². The van der Waals surface area contributed by atoms with Crippen molar-refractivity contribution >= 4 is 21.4 Å². The summed E-state index contributed by atoms with van der Waals surface area (Å²) in [4.78, 5) is 2.41. The van der Waals surface area contributed by atoms with Gasteiger partial charge in [0, 0.05) is 43.9 Å². The zero-order valence-electron chi connectivity index (χ0n) is 22.9. The van der Waals surface area contributed by atoms with Gasteiger partial charge >= 0.3 is 0 Å². The van der Waals surface area contributed by atoms with Gasteiger partial charge < -0.3 is 15.1 Å². The number of rotatable bonds is 7. The molecular weight excluding hydrogens is 527 g/mol. The zero-order chi connectivity index (χ0) is 27.6. The molecule has 2 aliphatic heterocycles. The highest BCUT2D eigenvalue weighted by Crippen LogP contribution is 2.48. The quantitative estimate of drug-likeness (QED) is 0.500. The van der Waals surface area contributed by atoms with Crippen LogP contribution in [0.4, 0.5) is 15.8 Å². The summed E-state index contributed by atoms with van der Waals surface area (Å²) in [5, 5.41) is 2.00. The van der Waals surface area contributed by atoms with Crippen molar-refractivity contribution < 1.29 is 17.5 Å². The smallest absolute Gasteiger partial charge is 0.243 e. The largest absolute Gasteiger partial charge is 0.490 e. The van der Waals surface area contributed by atoms with Gasteiger partial charge in [0.1, 0.15) is 18.2 Å². The number of allylic oxidation sites excluding steroid dienone is 3. The van der Waals surface area contributed by atoms with Crippen LogP contribution in [0.3, 0.4) is 0 Å². The fourth-order valence-electron chi connectivity index (χ4n) is 6.66. The van der Waals surface area contributed by atoms with Crippen LogP contribution < -0.4 is 20.1 Å². The van der Waals surface area contributed by atoms with Gasteiger partial charge in [0.25, 0.3) is 0 Å². The van der Waals surface area contributed by atoms with Crippen LogP contribution in [0, 0.1) is 23.6 Å². The Labute approximate surface area is 235 Å². The molecule has 3 aliphatic carbocycles. The van der Waals surface area contributed by atoms with Crippen molar-refractivity contribution in [2.24, 2.45) is 17.8 Å². The highest BCUT2D eigenvalue weighted by Gasteiger charge is 2.41. The van der Waals surface area contributed by atoms with E-state index in [1.54, 1.807) is 28.6 Å². The monoisotopic (exact) mass is 562 g/mol. The van der Waals surface area contributed by atoms with Crippen LogP contribution in [-0.4, -0.2) is 46.0 Å². The Hall–Kier alpha value is -3.30. The summed E-state index contributed by atoms with van der Waals surface area (Å²) in [6, 6.07) is 11.8. The first-order valence-corrected chi connectivity index (χ1v) is 15.7. The number of ether oxygens (including phenoxy) is 1. The number of sulfonamides is 1. The summed E-state index contributed by atoms with van der Waals surface area (Å²) < 4.78 is 49.3. The molecule has 9 heteroatoms. The molecule has 0 saturated heterocycles. The second-order valence-electron chi connectivity index (χ2n) is 11.7. The van der Waals surface area contributed by atoms with E-state index in [4.69, 9.17) is 4.74 Å². The van der Waals surface area contributed by atoms with Crippen LogP contribution in [-0.2, 0) is 10.0 Å². The molecule has 0 unspecified atom stereocenters. The first-order valence-electron chi connectivity index (χ1n) is 14.2. The first-order chi connectivity index (χ1) is 19.3. The predicted octanol–water partition coefficient (Wildman–Crippen LogP) is 5.20. The lowest BCUT2D eigenvalue weighted by molar-refractivity contribution is 0.310. The maximum Gasteiger partial charge on any atom is 0.243 e. The molecule has 1 fully saturated rings. The molecule has 2 aromatic rings. The SMILES string of the molecule is C[C@H]1C2=CNN(c3ccc(F)cc3)C2=CC2=C1[C@@H](CN(CC1CC1)S(=O)(=O)c1ccc3c(c1)OCCN3C)CC2. The second-order valence-corrected chi connectivity index (χ2v) is 13.6. The molecule has 2 heterocycles. The third-order valence-electron chi connectivity index (χ3n) is 9.03. The minimum atomic E-state index is -3.68. The van der Waals surface area contributed by atoms with E-state index < -0.39 is 10.0 Å². The molecule has 1 saturated carbocycles. The second kappa shape index (κ2) is 9.66. The third-order valence-corrected chi connectivity index (χ3v) is 10.9. The van der Waals surface area contributed by atoms with Crippen molar-refractivity contribution in [2.75, 3.05) is 43.2 Å². The lowest BCUT2D eigenvalue weighted by Gasteiger charge is -2.32. The molecule has 1 N–H and O–H groups in total. The minimum Gasteiger partial charge on any atom is -0.490 e. The van der Waals surface area contributed by atoms with Gasteiger partial charge in [0.2, 0.25) is 10.0 Å². The predicted molar refractivity (Wildman–Crippen MR) is 154 cm³/mol. The van der Waals surface area contributed by atoms with Crippen LogP contribution in [0.1, 0.15) is 32.6 Å². The highest BCUT2D eigenvalue weighted by atomic mass is 32.2. The van der Waals surface area contributed by atoms with Crippen molar-refractivity contribution in [3.63, 3.8) is 0 Å². The molecule has 0 amide bonds. The van der Waals surface area contributed by atoms with E-state index in [2.05, 4.69) is 23.3 Å². The number of nitrogens with zero attached hydrogens (tertiary/aromatic N) is 3. The van der Waals surface area contributed by atoms with E-state index in [-0.39, 0.29) is 17.7 Å². The number of hydrogen-bond acceptors (Lipinski definition) is 6. The number of hydrogen-bond donors (Lipinski definition) is 1. The lowest BCUT2D eigenvalue weighted by atomic mass is 9.80. The van der Waals surface area contributed by atoms with Gasteiger partial charge in [-0.25, -0.2) is 12.8 Å². The average Bonchev–Trinajstić information content (AvgIpc) is 3.52. The van der Waals surface area contributed by atoms with Gasteiger partial charge in [-0.3, -0.25) is 5.01 Å². The minimum absolute atomic E-state index is 0.164. The molecule has 40 heavy (non-hydrogen) atoms. The van der Waals surface area contributed by atoms with Gasteiger partial charge in [0.05, 0.1) is 28.5 Å². The Morgan fingerprint density at radius 1 is 1.10 bits per heavy atom. The molecular formula is C31H35FN4O3S. The van der Waals surface area contributed by atoms with Gasteiger partial charge in [-0.2, -0.15) is 4.31 Å². The van der Waals surface area contributed by atoms with Crippen molar-refractivity contribution in [1.29, 1.82) is 0 Å². The van der Waals surface area contributed by atoms with Gasteiger partial charge in [-0.1, -0.05) is 12.5 Å². The van der Waals surface area contributed by atoms with E-state index in [0.717, 1.165) is 49.3 Å². The number of hydrazine groups is 1. The Balaban J connectivity index is 1.17. The topological polar surface area (TPSA) is 65.1 Å². The summed E-state index contributed by atoms with van der Waals surface area (Å²) >= 11 is 0. The Bertz CT molecular complexity index is 1540. The zero-order valence-corrected chi connectivity index (χ0v) is 23.8. The summed E-state index contributed by atoms with van der Waals surface area (Å²) in [5.41, 5.74) is 10.1. The summed E-state index contributed by atoms with van der Waals surface area (Å²) in [6.45, 7) is 4.62. The van der Waals surface area contributed by atoms with Crippen molar-refractivity contribution in [2.45, 2.75) is 37.5 Å². The van der Waals surface area contributed by atoms with E-state index in [1.165, 1.54) is 28.9 Å². The van der Waals surface area contributed by atoms with E-state index >= 15 is 0 Å². The van der Waals surface area contributed by atoms with Gasteiger partial charge in [0.15, 0.2) is 0 Å². The first kappa shape index (κ1) is 25.7. The molecule has 7 nitrogen and oxygen atoms in total. The lowest BCUT2D eigenvalue weighted by Crippen LogP contribution is -2.38. The summed E-state index contributed by atoms with van der Waals surface area (Å²) in [7, 11) is -1.69. The normalized spacial score (nSPS) is 23.8. The van der Waals surface area contributed by atoms with Gasteiger partial charge in [-0.15, -0.1) is 0 Å². The Kier molecular flexibility index (Phi) is 6.20. The molecule has 210 valence electrons. The molecule has 0 radical (unpaired) electrons. The number of benzene rings is 2. The van der Waals surface area contributed by atoms with E-state index in [1.807, 2.05) is 24.3 Å². The highest BCUT2D eigenvalue weighted by molar-refractivity contribution is 7.89. The Morgan fingerprint density at radius 3 is 2.67 bits per heavy atom. The van der Waals surface area contributed by atoms with Crippen LogP contribution in [0.2, 0.25) is 0 Å². The molecule has 7 rings (SSSR count). The molecule has 2 aromatic carbocycles. The van der Waals surface area contributed by atoms with Crippen LogP contribution in [0.25, 0.3) is 0 Å². The number of nitrogens with one attached hydrogen (secondary N) is 1. The summed E-state index contributed by atoms with van der Waals surface area (Å²) in [6.07, 6.45) is 8.30. The molecule has 2 atom stereocenters. The third kappa shape index (κ3) is 4.39. The molecule has 0 bridgehead atoms. The fourth-order valence-corrected chi connectivity index (χ4v) is 8.24. The summed E-state index contributed by atoms with van der Waals surface area (Å²) in [5.74, 6) is 1.14. The number of anilines is 2. The maximum absolute atomic E-state index is 14.1. The Morgan fingerprint density at radius 2 is 1.90 bits per heavy atom. The number of likely N-dealkylation sites (N-methyl/N-ethyl adjacent to an activating group) is 1. The van der Waals surface area contributed by atoms with Crippen LogP contribution in [0.15, 0.2) is 82.1 Å².